The summed E-state index contributed by atoms with van der Waals surface area (Å²) in [4.78, 5) is 2.08. The van der Waals surface area contributed by atoms with Crippen LogP contribution in [0.3, 0.4) is 0 Å². The van der Waals surface area contributed by atoms with E-state index in [1.807, 2.05) is 47.5 Å². The molecule has 0 saturated heterocycles. The molecule has 26 heavy (non-hydrogen) atoms. The third kappa shape index (κ3) is 4.20. The maximum atomic E-state index is 13.0. The van der Waals surface area contributed by atoms with Gasteiger partial charge in [0.05, 0.1) is 6.67 Å². The minimum absolute atomic E-state index is 0.229. The summed E-state index contributed by atoms with van der Waals surface area (Å²) in [6, 6.07) is 14.1. The maximum Gasteiger partial charge on any atom is 0.199 e. The molecule has 136 valence electrons. The molecule has 1 heterocycles. The molecule has 7 heteroatoms. The molecule has 0 bridgehead atoms. The molecule has 0 aliphatic rings. The molecule has 3 aromatic rings. The molecular formula is C19H20ClFN4S. The SMILES string of the molecule is CCn1c(-c2ccc(Cl)cc2)nn(CN(C)Cc2ccc(F)cc2)c1=S. The van der Waals surface area contributed by atoms with Crippen LogP contribution in [0.15, 0.2) is 48.5 Å². The minimum atomic E-state index is -0.229. The molecule has 0 aliphatic heterocycles. The van der Waals surface area contributed by atoms with Gasteiger partial charge in [-0.15, -0.1) is 0 Å². The second-order valence-corrected chi connectivity index (χ2v) is 6.94. The van der Waals surface area contributed by atoms with E-state index in [9.17, 15) is 4.39 Å². The summed E-state index contributed by atoms with van der Waals surface area (Å²) < 4.78 is 17.5. The summed E-state index contributed by atoms with van der Waals surface area (Å²) in [5, 5.41) is 5.40. The summed E-state index contributed by atoms with van der Waals surface area (Å²) in [5.41, 5.74) is 2.01. The van der Waals surface area contributed by atoms with Gasteiger partial charge in [-0.3, -0.25) is 4.90 Å². The minimum Gasteiger partial charge on any atom is -0.300 e. The van der Waals surface area contributed by atoms with Crippen molar-refractivity contribution in [2.45, 2.75) is 26.7 Å². The van der Waals surface area contributed by atoms with Gasteiger partial charge in [0.25, 0.3) is 0 Å². The van der Waals surface area contributed by atoms with Crippen LogP contribution in [0.25, 0.3) is 11.4 Å². The molecule has 3 rings (SSSR count). The second kappa shape index (κ2) is 8.12. The zero-order valence-corrected chi connectivity index (χ0v) is 16.3. The number of nitrogens with zero attached hydrogens (tertiary/aromatic N) is 4. The normalized spacial score (nSPS) is 11.3. The predicted molar refractivity (Wildman–Crippen MR) is 105 cm³/mol. The van der Waals surface area contributed by atoms with Crippen LogP contribution in [-0.2, 0) is 19.8 Å². The Morgan fingerprint density at radius 3 is 2.38 bits per heavy atom. The molecule has 0 amide bonds. The molecule has 1 aromatic heterocycles. The molecule has 0 unspecified atom stereocenters. The molecule has 0 aliphatic carbocycles. The van der Waals surface area contributed by atoms with Crippen molar-refractivity contribution in [3.63, 3.8) is 0 Å². The van der Waals surface area contributed by atoms with Gasteiger partial charge < -0.3 is 4.57 Å². The number of hydrogen-bond acceptors (Lipinski definition) is 3. The smallest absolute Gasteiger partial charge is 0.199 e. The van der Waals surface area contributed by atoms with Crippen LogP contribution in [0.4, 0.5) is 4.39 Å². The van der Waals surface area contributed by atoms with Crippen LogP contribution in [0.2, 0.25) is 5.02 Å². The Hall–Kier alpha value is -2.02. The van der Waals surface area contributed by atoms with E-state index in [0.29, 0.717) is 23.0 Å². The number of hydrogen-bond donors (Lipinski definition) is 0. The van der Waals surface area contributed by atoms with E-state index in [0.717, 1.165) is 23.5 Å². The summed E-state index contributed by atoms with van der Waals surface area (Å²) in [5.74, 6) is 0.595. The van der Waals surface area contributed by atoms with E-state index in [1.54, 1.807) is 12.1 Å². The number of rotatable bonds is 6. The van der Waals surface area contributed by atoms with Gasteiger partial charge in [-0.25, -0.2) is 9.07 Å². The molecule has 0 spiro atoms. The first kappa shape index (κ1) is 18.8. The lowest BCUT2D eigenvalue weighted by atomic mass is 10.2. The quantitative estimate of drug-likeness (QED) is 0.555. The van der Waals surface area contributed by atoms with Crippen molar-refractivity contribution >= 4 is 23.8 Å². The summed E-state index contributed by atoms with van der Waals surface area (Å²) in [7, 11) is 1.98. The lowest BCUT2D eigenvalue weighted by Crippen LogP contribution is -2.22. The zero-order valence-electron chi connectivity index (χ0n) is 14.7. The van der Waals surface area contributed by atoms with E-state index >= 15 is 0 Å². The van der Waals surface area contributed by atoms with E-state index in [-0.39, 0.29) is 5.82 Å². The fourth-order valence-corrected chi connectivity index (χ4v) is 3.25. The molecule has 2 aromatic carbocycles. The highest BCUT2D eigenvalue weighted by atomic mass is 35.5. The van der Waals surface area contributed by atoms with Crippen molar-refractivity contribution in [2.24, 2.45) is 0 Å². The lowest BCUT2D eigenvalue weighted by molar-refractivity contribution is 0.244. The van der Waals surface area contributed by atoms with Crippen LogP contribution in [0, 0.1) is 10.6 Å². The molecule has 0 atom stereocenters. The van der Waals surface area contributed by atoms with Gasteiger partial charge in [-0.1, -0.05) is 23.7 Å². The predicted octanol–water partition coefficient (Wildman–Crippen LogP) is 4.98. The lowest BCUT2D eigenvalue weighted by Gasteiger charge is -2.16. The molecule has 0 saturated carbocycles. The van der Waals surface area contributed by atoms with Gasteiger partial charge in [0.15, 0.2) is 10.6 Å². The van der Waals surface area contributed by atoms with Crippen molar-refractivity contribution in [1.82, 2.24) is 19.2 Å². The topological polar surface area (TPSA) is 26.0 Å². The number of benzene rings is 2. The highest BCUT2D eigenvalue weighted by Gasteiger charge is 2.13. The summed E-state index contributed by atoms with van der Waals surface area (Å²) in [6.07, 6.45) is 0. The van der Waals surface area contributed by atoms with Crippen LogP contribution >= 0.6 is 23.8 Å². The molecule has 4 nitrogen and oxygen atoms in total. The van der Waals surface area contributed by atoms with E-state index in [4.69, 9.17) is 28.9 Å². The Balaban J connectivity index is 1.82. The molecule has 0 N–H and O–H groups in total. The Labute approximate surface area is 162 Å². The maximum absolute atomic E-state index is 13.0. The highest BCUT2D eigenvalue weighted by molar-refractivity contribution is 7.71. The van der Waals surface area contributed by atoms with Crippen LogP contribution < -0.4 is 0 Å². The van der Waals surface area contributed by atoms with Crippen LogP contribution in [-0.4, -0.2) is 26.3 Å². The number of aromatic nitrogens is 3. The second-order valence-electron chi connectivity index (χ2n) is 6.14. The van der Waals surface area contributed by atoms with Gasteiger partial charge in [0.2, 0.25) is 0 Å². The average Bonchev–Trinajstić information content (AvgIpc) is 2.93. The van der Waals surface area contributed by atoms with E-state index < -0.39 is 0 Å². The fraction of sp³-hybridized carbons (Fsp3) is 0.263. The Morgan fingerprint density at radius 2 is 1.77 bits per heavy atom. The van der Waals surface area contributed by atoms with Crippen LogP contribution in [0.5, 0.6) is 0 Å². The van der Waals surface area contributed by atoms with E-state index in [2.05, 4.69) is 4.90 Å². The van der Waals surface area contributed by atoms with Crippen molar-refractivity contribution in [3.8, 4) is 11.4 Å². The van der Waals surface area contributed by atoms with Gasteiger partial charge in [-0.05, 0) is 68.2 Å². The first-order chi connectivity index (χ1) is 12.5. The Bertz CT molecular complexity index is 932. The van der Waals surface area contributed by atoms with Crippen LogP contribution in [0.1, 0.15) is 12.5 Å². The standard InChI is InChI=1S/C19H20ClFN4S/c1-3-24-18(15-6-8-16(20)9-7-15)22-25(19(24)26)13-23(2)12-14-4-10-17(21)11-5-14/h4-11H,3,12-13H2,1-2H3. The highest BCUT2D eigenvalue weighted by Crippen LogP contribution is 2.21. The molecular weight excluding hydrogens is 371 g/mol. The van der Waals surface area contributed by atoms with E-state index in [1.165, 1.54) is 12.1 Å². The Kier molecular flexibility index (Phi) is 5.86. The largest absolute Gasteiger partial charge is 0.300 e. The van der Waals surface area contributed by atoms with Crippen molar-refractivity contribution < 1.29 is 4.39 Å². The average molecular weight is 391 g/mol. The van der Waals surface area contributed by atoms with Gasteiger partial charge in [-0.2, -0.15) is 5.10 Å². The first-order valence-electron chi connectivity index (χ1n) is 8.34. The molecule has 0 fully saturated rings. The Morgan fingerprint density at radius 1 is 1.12 bits per heavy atom. The monoisotopic (exact) mass is 390 g/mol. The third-order valence-electron chi connectivity index (χ3n) is 4.08. The van der Waals surface area contributed by atoms with Gasteiger partial charge in [0, 0.05) is 23.7 Å². The summed E-state index contributed by atoms with van der Waals surface area (Å²) >= 11 is 11.6. The first-order valence-corrected chi connectivity index (χ1v) is 9.13. The third-order valence-corrected chi connectivity index (χ3v) is 4.77. The van der Waals surface area contributed by atoms with Crippen molar-refractivity contribution in [2.75, 3.05) is 7.05 Å². The zero-order chi connectivity index (χ0) is 18.7. The van der Waals surface area contributed by atoms with Crippen molar-refractivity contribution in [3.05, 3.63) is 69.7 Å². The number of halogens is 2. The fourth-order valence-electron chi connectivity index (χ4n) is 2.81. The summed E-state index contributed by atoms with van der Waals surface area (Å²) in [6.45, 7) is 4.00. The molecule has 0 radical (unpaired) electrons. The van der Waals surface area contributed by atoms with Gasteiger partial charge >= 0.3 is 0 Å². The van der Waals surface area contributed by atoms with Crippen molar-refractivity contribution in [1.29, 1.82) is 0 Å². The van der Waals surface area contributed by atoms with Gasteiger partial charge in [0.1, 0.15) is 5.82 Å².